The lowest BCUT2D eigenvalue weighted by Crippen LogP contribution is -2.35. The van der Waals surface area contributed by atoms with Gasteiger partial charge in [-0.15, -0.1) is 0 Å². The molecule has 0 aliphatic carbocycles. The number of anilines is 1. The number of rotatable bonds is 5. The summed E-state index contributed by atoms with van der Waals surface area (Å²) in [4.78, 5) is 0. The summed E-state index contributed by atoms with van der Waals surface area (Å²) in [5.41, 5.74) is 0.492. The molecule has 3 heterocycles. The molecule has 2 aromatic heterocycles. The fourth-order valence-corrected chi connectivity index (χ4v) is 3.00. The molecule has 0 amide bonds. The Labute approximate surface area is 139 Å². The van der Waals surface area contributed by atoms with Crippen LogP contribution in [0, 0.1) is 11.7 Å². The van der Waals surface area contributed by atoms with Crippen molar-refractivity contribution in [3.05, 3.63) is 60.2 Å². The Hall–Kier alpha value is -2.60. The van der Waals surface area contributed by atoms with Crippen molar-refractivity contribution in [3.63, 3.8) is 0 Å². The molecule has 3 aromatic rings. The van der Waals surface area contributed by atoms with Crippen LogP contribution in [0.4, 0.5) is 10.2 Å². The van der Waals surface area contributed by atoms with Crippen LogP contribution in [-0.2, 0) is 13.1 Å². The number of benzene rings is 1. The summed E-state index contributed by atoms with van der Waals surface area (Å²) in [5, 5.41) is 11.1. The van der Waals surface area contributed by atoms with Crippen molar-refractivity contribution < 1.29 is 8.81 Å². The summed E-state index contributed by atoms with van der Waals surface area (Å²) < 4.78 is 21.5. The quantitative estimate of drug-likeness (QED) is 0.756. The van der Waals surface area contributed by atoms with Gasteiger partial charge in [0.25, 0.3) is 0 Å². The summed E-state index contributed by atoms with van der Waals surface area (Å²) in [6.45, 7) is 3.32. The van der Waals surface area contributed by atoms with Crippen molar-refractivity contribution in [2.75, 3.05) is 18.4 Å². The molecule has 0 saturated carbocycles. The van der Waals surface area contributed by atoms with Gasteiger partial charge in [-0.1, -0.05) is 12.1 Å². The van der Waals surface area contributed by atoms with Crippen molar-refractivity contribution in [1.29, 1.82) is 0 Å². The first-order chi connectivity index (χ1) is 11.8. The molecule has 0 saturated heterocycles. The van der Waals surface area contributed by atoms with Crippen LogP contribution >= 0.6 is 0 Å². The number of aromatic nitrogens is 2. The van der Waals surface area contributed by atoms with E-state index in [4.69, 9.17) is 4.42 Å². The third-order valence-corrected chi connectivity index (χ3v) is 4.25. The molecular formula is C18H19FN4O. The van der Waals surface area contributed by atoms with E-state index in [1.165, 1.54) is 6.07 Å². The van der Waals surface area contributed by atoms with Gasteiger partial charge in [-0.05, 0) is 24.3 Å². The normalized spacial score (nSPS) is 16.6. The molecule has 1 atom stereocenters. The van der Waals surface area contributed by atoms with E-state index in [9.17, 15) is 4.39 Å². The fraction of sp³-hybridized carbons (Fsp3) is 0.278. The number of halogens is 1. The Kier molecular flexibility index (Phi) is 4.04. The summed E-state index contributed by atoms with van der Waals surface area (Å²) in [6.07, 6.45) is 1.81. The highest BCUT2D eigenvalue weighted by molar-refractivity contribution is 5.58. The lowest BCUT2D eigenvalue weighted by atomic mass is 10.1. The second-order valence-corrected chi connectivity index (χ2v) is 6.02. The topological polar surface area (TPSA) is 55.0 Å². The summed E-state index contributed by atoms with van der Waals surface area (Å²) in [5.74, 6) is 2.64. The Morgan fingerprint density at radius 3 is 3.08 bits per heavy atom. The lowest BCUT2D eigenvalue weighted by Gasteiger charge is -2.25. The van der Waals surface area contributed by atoms with E-state index in [0.717, 1.165) is 31.2 Å². The van der Waals surface area contributed by atoms with Gasteiger partial charge in [0.1, 0.15) is 23.2 Å². The highest BCUT2D eigenvalue weighted by Gasteiger charge is 2.18. The van der Waals surface area contributed by atoms with Crippen molar-refractivity contribution in [1.82, 2.24) is 15.1 Å². The largest absolute Gasteiger partial charge is 0.460 e. The molecule has 6 heteroatoms. The van der Waals surface area contributed by atoms with Gasteiger partial charge in [0.15, 0.2) is 0 Å². The second kappa shape index (κ2) is 6.49. The Bertz CT molecular complexity index is 826. The van der Waals surface area contributed by atoms with Gasteiger partial charge in [-0.25, -0.2) is 9.07 Å². The Morgan fingerprint density at radius 1 is 1.25 bits per heavy atom. The monoisotopic (exact) mass is 326 g/mol. The lowest BCUT2D eigenvalue weighted by molar-refractivity contribution is 0.382. The Balaban J connectivity index is 1.32. The number of fused-ring (bicyclic) bond motifs is 1. The van der Waals surface area contributed by atoms with Gasteiger partial charge in [0.2, 0.25) is 0 Å². The molecular weight excluding hydrogens is 307 g/mol. The molecule has 24 heavy (non-hydrogen) atoms. The van der Waals surface area contributed by atoms with Crippen LogP contribution in [0.25, 0.3) is 11.3 Å². The number of furan rings is 1. The molecule has 1 aliphatic rings. The van der Waals surface area contributed by atoms with Crippen molar-refractivity contribution >= 4 is 5.82 Å². The first-order valence-electron chi connectivity index (χ1n) is 8.09. The SMILES string of the molecule is Fc1ccccc1-c1ccc(CNC[C@@H]2CNc3ccnn3C2)o1. The molecule has 1 aromatic carbocycles. The average molecular weight is 326 g/mol. The highest BCUT2D eigenvalue weighted by Crippen LogP contribution is 2.24. The van der Waals surface area contributed by atoms with E-state index in [-0.39, 0.29) is 5.82 Å². The van der Waals surface area contributed by atoms with Crippen LogP contribution in [-0.4, -0.2) is 22.9 Å². The van der Waals surface area contributed by atoms with Crippen LogP contribution in [0.15, 0.2) is 53.1 Å². The maximum absolute atomic E-state index is 13.8. The van der Waals surface area contributed by atoms with E-state index >= 15 is 0 Å². The van der Waals surface area contributed by atoms with Crippen LogP contribution in [0.3, 0.4) is 0 Å². The van der Waals surface area contributed by atoms with Gasteiger partial charge in [0.05, 0.1) is 18.3 Å². The van der Waals surface area contributed by atoms with Crippen LogP contribution in [0.2, 0.25) is 0 Å². The number of nitrogens with zero attached hydrogens (tertiary/aromatic N) is 2. The van der Waals surface area contributed by atoms with Gasteiger partial charge < -0.3 is 15.1 Å². The minimum Gasteiger partial charge on any atom is -0.460 e. The molecule has 0 fully saturated rings. The maximum Gasteiger partial charge on any atom is 0.137 e. The van der Waals surface area contributed by atoms with Gasteiger partial charge in [0, 0.05) is 31.6 Å². The van der Waals surface area contributed by atoms with E-state index < -0.39 is 0 Å². The van der Waals surface area contributed by atoms with E-state index in [1.54, 1.807) is 18.2 Å². The predicted molar refractivity (Wildman–Crippen MR) is 90.0 cm³/mol. The van der Waals surface area contributed by atoms with Crippen molar-refractivity contribution in [2.45, 2.75) is 13.1 Å². The molecule has 0 radical (unpaired) electrons. The molecule has 2 N–H and O–H groups in total. The third-order valence-electron chi connectivity index (χ3n) is 4.25. The zero-order valence-corrected chi connectivity index (χ0v) is 13.2. The van der Waals surface area contributed by atoms with Gasteiger partial charge in [-0.2, -0.15) is 5.10 Å². The minimum atomic E-state index is -0.269. The van der Waals surface area contributed by atoms with Crippen molar-refractivity contribution in [3.8, 4) is 11.3 Å². The average Bonchev–Trinajstić information content (AvgIpc) is 3.24. The van der Waals surface area contributed by atoms with Crippen LogP contribution in [0.1, 0.15) is 5.76 Å². The predicted octanol–water partition coefficient (Wildman–Crippen LogP) is 3.11. The van der Waals surface area contributed by atoms with E-state index in [1.807, 2.05) is 29.1 Å². The summed E-state index contributed by atoms with van der Waals surface area (Å²) in [7, 11) is 0. The zero-order valence-electron chi connectivity index (χ0n) is 13.2. The van der Waals surface area contributed by atoms with Gasteiger partial charge in [-0.3, -0.25) is 0 Å². The minimum absolute atomic E-state index is 0.269. The first kappa shape index (κ1) is 15.0. The smallest absolute Gasteiger partial charge is 0.137 e. The first-order valence-corrected chi connectivity index (χ1v) is 8.09. The molecule has 124 valence electrons. The second-order valence-electron chi connectivity index (χ2n) is 6.02. The summed E-state index contributed by atoms with van der Waals surface area (Å²) >= 11 is 0. The third kappa shape index (κ3) is 3.05. The Morgan fingerprint density at radius 2 is 2.17 bits per heavy atom. The fourth-order valence-electron chi connectivity index (χ4n) is 3.00. The van der Waals surface area contributed by atoms with Crippen molar-refractivity contribution in [2.24, 2.45) is 5.92 Å². The van der Waals surface area contributed by atoms with Gasteiger partial charge >= 0.3 is 0 Å². The molecule has 1 aliphatic heterocycles. The molecule has 0 unspecified atom stereocenters. The molecule has 4 rings (SSSR count). The summed E-state index contributed by atoms with van der Waals surface area (Å²) in [6, 6.07) is 12.3. The van der Waals surface area contributed by atoms with E-state index in [0.29, 0.717) is 23.8 Å². The molecule has 5 nitrogen and oxygen atoms in total. The van der Waals surface area contributed by atoms with Crippen LogP contribution in [0.5, 0.6) is 0 Å². The zero-order chi connectivity index (χ0) is 16.4. The van der Waals surface area contributed by atoms with E-state index in [2.05, 4.69) is 15.7 Å². The molecule has 0 bridgehead atoms. The number of hydrogen-bond acceptors (Lipinski definition) is 4. The maximum atomic E-state index is 13.8. The van der Waals surface area contributed by atoms with Crippen LogP contribution < -0.4 is 10.6 Å². The highest BCUT2D eigenvalue weighted by atomic mass is 19.1. The molecule has 0 spiro atoms. The number of nitrogens with one attached hydrogen (secondary N) is 2. The standard InChI is InChI=1S/C18H19FN4O/c19-16-4-2-1-3-15(16)17-6-5-14(24-17)11-20-9-13-10-21-18-7-8-22-23(18)12-13/h1-8,13,20-21H,9-12H2/t13-/m1/s1. The number of hydrogen-bond donors (Lipinski definition) is 2.